The second-order valence-electron chi connectivity index (χ2n) is 4.35. The van der Waals surface area contributed by atoms with Crippen LogP contribution in [0, 0.1) is 0 Å². The Balaban J connectivity index is 2.73. The predicted octanol–water partition coefficient (Wildman–Crippen LogP) is 1.20. The molecule has 0 fully saturated rings. The zero-order valence-electron chi connectivity index (χ0n) is 10.9. The highest BCUT2D eigenvalue weighted by molar-refractivity contribution is 5.84. The summed E-state index contributed by atoms with van der Waals surface area (Å²) in [5.41, 5.74) is -0.756. The van der Waals surface area contributed by atoms with E-state index in [1.54, 1.807) is 0 Å². The van der Waals surface area contributed by atoms with Crippen molar-refractivity contribution < 1.29 is 33.0 Å². The summed E-state index contributed by atoms with van der Waals surface area (Å²) in [5.74, 6) is -2.04. The van der Waals surface area contributed by atoms with Crippen molar-refractivity contribution in [1.82, 2.24) is 5.32 Å². The standard InChI is InChI=1S/C13H14F3NO4/c14-13(15,16)9-3-1-2-8(6-9)7-11(19)17-10(4-5-18)12(20)21/h1-3,6,10,18H,4-5,7H2,(H,17,19)(H,20,21)/t10-/m0/s1. The molecule has 21 heavy (non-hydrogen) atoms. The molecular formula is C13H14F3NO4. The first-order chi connectivity index (χ1) is 9.74. The first-order valence-electron chi connectivity index (χ1n) is 6.03. The smallest absolute Gasteiger partial charge is 0.416 e. The molecule has 5 nitrogen and oxygen atoms in total. The maximum absolute atomic E-state index is 12.5. The first-order valence-corrected chi connectivity index (χ1v) is 6.03. The first kappa shape index (κ1) is 17.0. The van der Waals surface area contributed by atoms with Crippen LogP contribution in [0.5, 0.6) is 0 Å². The SMILES string of the molecule is O=C(Cc1cccc(C(F)(F)F)c1)N[C@@H](CCO)C(=O)O. The number of hydrogen-bond acceptors (Lipinski definition) is 3. The molecule has 1 aromatic rings. The van der Waals surface area contributed by atoms with E-state index in [1.807, 2.05) is 0 Å². The number of aliphatic hydroxyl groups excluding tert-OH is 1. The topological polar surface area (TPSA) is 86.6 Å². The molecule has 0 aromatic heterocycles. The number of halogens is 3. The average molecular weight is 305 g/mol. The Morgan fingerprint density at radius 2 is 1.95 bits per heavy atom. The van der Waals surface area contributed by atoms with Gasteiger partial charge in [-0.15, -0.1) is 0 Å². The molecule has 3 N–H and O–H groups in total. The van der Waals surface area contributed by atoms with Crippen LogP contribution >= 0.6 is 0 Å². The Bertz CT molecular complexity index is 516. The number of benzene rings is 1. The number of rotatable bonds is 6. The molecule has 0 saturated heterocycles. The lowest BCUT2D eigenvalue weighted by molar-refractivity contribution is -0.142. The number of aliphatic carboxylic acids is 1. The van der Waals surface area contributed by atoms with Crippen molar-refractivity contribution in [2.24, 2.45) is 0 Å². The molecule has 0 aliphatic rings. The monoisotopic (exact) mass is 305 g/mol. The second-order valence-corrected chi connectivity index (χ2v) is 4.35. The number of nitrogens with one attached hydrogen (secondary N) is 1. The summed E-state index contributed by atoms with van der Waals surface area (Å²) in [6.45, 7) is -0.430. The van der Waals surface area contributed by atoms with E-state index < -0.39 is 36.3 Å². The zero-order chi connectivity index (χ0) is 16.0. The van der Waals surface area contributed by atoms with Gasteiger partial charge in [0.1, 0.15) is 6.04 Å². The number of alkyl halides is 3. The molecule has 1 amide bonds. The molecule has 0 heterocycles. The minimum absolute atomic E-state index is 0.121. The summed E-state index contributed by atoms with van der Waals surface area (Å²) in [5, 5.41) is 19.6. The fourth-order valence-corrected chi connectivity index (χ4v) is 1.67. The zero-order valence-corrected chi connectivity index (χ0v) is 10.9. The normalized spacial score (nSPS) is 12.8. The number of carbonyl (C=O) groups excluding carboxylic acids is 1. The molecule has 0 unspecified atom stereocenters. The highest BCUT2D eigenvalue weighted by Gasteiger charge is 2.30. The molecule has 1 atom stereocenters. The van der Waals surface area contributed by atoms with Crippen molar-refractivity contribution in [3.63, 3.8) is 0 Å². The molecule has 1 rings (SSSR count). The van der Waals surface area contributed by atoms with Gasteiger partial charge in [-0.3, -0.25) is 4.79 Å². The number of carboxylic acid groups (broad SMARTS) is 1. The van der Waals surface area contributed by atoms with Crippen LogP contribution in [0.3, 0.4) is 0 Å². The van der Waals surface area contributed by atoms with Crippen LogP contribution in [0.1, 0.15) is 17.5 Å². The molecule has 0 saturated carbocycles. The van der Waals surface area contributed by atoms with Crippen LogP contribution in [-0.2, 0) is 22.2 Å². The Labute approximate surface area is 118 Å². The maximum atomic E-state index is 12.5. The van der Waals surface area contributed by atoms with Crippen LogP contribution in [0.2, 0.25) is 0 Å². The minimum atomic E-state index is -4.51. The van der Waals surface area contributed by atoms with Crippen molar-refractivity contribution in [1.29, 1.82) is 0 Å². The molecule has 0 spiro atoms. The van der Waals surface area contributed by atoms with Gasteiger partial charge in [0.05, 0.1) is 12.0 Å². The van der Waals surface area contributed by atoms with Crippen molar-refractivity contribution in [2.45, 2.75) is 25.1 Å². The second kappa shape index (κ2) is 7.07. The van der Waals surface area contributed by atoms with Crippen molar-refractivity contribution in [3.05, 3.63) is 35.4 Å². The van der Waals surface area contributed by atoms with Gasteiger partial charge in [-0.05, 0) is 11.6 Å². The molecular weight excluding hydrogens is 291 g/mol. The third-order valence-corrected chi connectivity index (χ3v) is 2.67. The lowest BCUT2D eigenvalue weighted by Gasteiger charge is -2.13. The summed E-state index contributed by atoms with van der Waals surface area (Å²) >= 11 is 0. The van der Waals surface area contributed by atoms with Crippen LogP contribution in [0.4, 0.5) is 13.2 Å². The van der Waals surface area contributed by atoms with E-state index in [2.05, 4.69) is 5.32 Å². The Kier molecular flexibility index (Phi) is 5.71. The summed E-state index contributed by atoms with van der Waals surface area (Å²) < 4.78 is 37.5. The lowest BCUT2D eigenvalue weighted by Crippen LogP contribution is -2.42. The van der Waals surface area contributed by atoms with E-state index in [0.717, 1.165) is 12.1 Å². The maximum Gasteiger partial charge on any atom is 0.416 e. The molecule has 0 radical (unpaired) electrons. The van der Waals surface area contributed by atoms with E-state index in [0.29, 0.717) is 0 Å². The summed E-state index contributed by atoms with van der Waals surface area (Å²) in [7, 11) is 0. The Morgan fingerprint density at radius 1 is 1.29 bits per heavy atom. The molecule has 1 aromatic carbocycles. The predicted molar refractivity (Wildman–Crippen MR) is 66.4 cm³/mol. The number of amides is 1. The highest BCUT2D eigenvalue weighted by atomic mass is 19.4. The average Bonchev–Trinajstić information content (AvgIpc) is 2.37. The van der Waals surface area contributed by atoms with Crippen LogP contribution in [0.25, 0.3) is 0 Å². The van der Waals surface area contributed by atoms with Gasteiger partial charge in [0, 0.05) is 13.0 Å². The molecule has 0 aliphatic heterocycles. The van der Waals surface area contributed by atoms with Gasteiger partial charge in [0.15, 0.2) is 0 Å². The fourth-order valence-electron chi connectivity index (χ4n) is 1.67. The third kappa shape index (κ3) is 5.42. The van der Waals surface area contributed by atoms with Gasteiger partial charge in [-0.1, -0.05) is 18.2 Å². The Morgan fingerprint density at radius 3 is 2.48 bits per heavy atom. The van der Waals surface area contributed by atoms with Gasteiger partial charge in [0.25, 0.3) is 0 Å². The van der Waals surface area contributed by atoms with Crippen LogP contribution < -0.4 is 5.32 Å². The molecule has 0 aliphatic carbocycles. The van der Waals surface area contributed by atoms with Gasteiger partial charge < -0.3 is 15.5 Å². The van der Waals surface area contributed by atoms with Crippen LogP contribution in [0.15, 0.2) is 24.3 Å². The number of carbonyl (C=O) groups is 2. The van der Waals surface area contributed by atoms with Crippen molar-refractivity contribution in [2.75, 3.05) is 6.61 Å². The largest absolute Gasteiger partial charge is 0.480 e. The number of aliphatic hydroxyl groups is 1. The van der Waals surface area contributed by atoms with E-state index in [1.165, 1.54) is 12.1 Å². The molecule has 116 valence electrons. The van der Waals surface area contributed by atoms with Crippen molar-refractivity contribution in [3.8, 4) is 0 Å². The minimum Gasteiger partial charge on any atom is -0.480 e. The highest BCUT2D eigenvalue weighted by Crippen LogP contribution is 2.29. The van der Waals surface area contributed by atoms with Crippen molar-refractivity contribution >= 4 is 11.9 Å². The van der Waals surface area contributed by atoms with E-state index in [-0.39, 0.29) is 18.4 Å². The summed E-state index contributed by atoms with van der Waals surface area (Å²) in [4.78, 5) is 22.4. The fraction of sp³-hybridized carbons (Fsp3) is 0.385. The van der Waals surface area contributed by atoms with Crippen LogP contribution in [-0.4, -0.2) is 34.7 Å². The lowest BCUT2D eigenvalue weighted by atomic mass is 10.1. The molecule has 0 bridgehead atoms. The summed E-state index contributed by atoms with van der Waals surface area (Å²) in [6.07, 6.45) is -5.06. The number of carboxylic acids is 1. The van der Waals surface area contributed by atoms with Gasteiger partial charge in [0.2, 0.25) is 5.91 Å². The van der Waals surface area contributed by atoms with Gasteiger partial charge >= 0.3 is 12.1 Å². The van der Waals surface area contributed by atoms with E-state index >= 15 is 0 Å². The Hall–Kier alpha value is -2.09. The summed E-state index contributed by atoms with van der Waals surface area (Å²) in [6, 6.07) is 2.97. The molecule has 8 heteroatoms. The van der Waals surface area contributed by atoms with E-state index in [9.17, 15) is 22.8 Å². The van der Waals surface area contributed by atoms with E-state index in [4.69, 9.17) is 10.2 Å². The van der Waals surface area contributed by atoms with Gasteiger partial charge in [-0.25, -0.2) is 4.79 Å². The van der Waals surface area contributed by atoms with Gasteiger partial charge in [-0.2, -0.15) is 13.2 Å². The number of hydrogen-bond donors (Lipinski definition) is 3. The quantitative estimate of drug-likeness (QED) is 0.737. The third-order valence-electron chi connectivity index (χ3n) is 2.67.